The van der Waals surface area contributed by atoms with Crippen molar-refractivity contribution >= 4 is 16.0 Å². The van der Waals surface area contributed by atoms with E-state index in [1.807, 2.05) is 18.2 Å². The molecule has 0 fully saturated rings. The van der Waals surface area contributed by atoms with E-state index in [1.54, 1.807) is 44.3 Å². The Balaban J connectivity index is 1.56. The number of hydrogen-bond acceptors (Lipinski definition) is 6. The van der Waals surface area contributed by atoms with Crippen LogP contribution >= 0.6 is 0 Å². The second-order valence-corrected chi connectivity index (χ2v) is 8.85. The summed E-state index contributed by atoms with van der Waals surface area (Å²) in [6.45, 7) is 3.87. The highest BCUT2D eigenvalue weighted by Crippen LogP contribution is 2.16. The van der Waals surface area contributed by atoms with Crippen molar-refractivity contribution in [3.05, 3.63) is 89.7 Å². The first-order valence-corrected chi connectivity index (χ1v) is 11.2. The number of hydrogen-bond donors (Lipinski definition) is 1. The number of aromatic nitrogens is 1. The first kappa shape index (κ1) is 22.5. The van der Waals surface area contributed by atoms with Crippen LogP contribution in [0.5, 0.6) is 5.75 Å². The maximum Gasteiger partial charge on any atom is 0.338 e. The molecule has 0 aliphatic carbocycles. The van der Waals surface area contributed by atoms with Crippen molar-refractivity contribution in [2.24, 2.45) is 0 Å². The summed E-state index contributed by atoms with van der Waals surface area (Å²) in [5.41, 5.74) is 1.78. The highest BCUT2D eigenvalue weighted by atomic mass is 32.2. The van der Waals surface area contributed by atoms with E-state index in [4.69, 9.17) is 9.47 Å². The standard InChI is InChI=1S/C23H24N2O5S/c1-17(2)25-31(27,28)22-8-5-6-19(14-22)23(26)30-15-18-9-11-21(12-10-18)29-16-20-7-3-4-13-24-20/h3-14,17,25H,15-16H2,1-2H3. The molecule has 2 aromatic carbocycles. The molecule has 3 rings (SSSR count). The van der Waals surface area contributed by atoms with Crippen molar-refractivity contribution in [2.75, 3.05) is 0 Å². The van der Waals surface area contributed by atoms with Crippen molar-refractivity contribution in [1.82, 2.24) is 9.71 Å². The van der Waals surface area contributed by atoms with Crippen molar-refractivity contribution in [3.8, 4) is 5.75 Å². The molecule has 0 amide bonds. The summed E-state index contributed by atoms with van der Waals surface area (Å²) in [5.74, 6) is 0.0772. The van der Waals surface area contributed by atoms with Gasteiger partial charge in [0.2, 0.25) is 10.0 Å². The molecule has 0 bridgehead atoms. The molecule has 0 atom stereocenters. The molecule has 0 spiro atoms. The van der Waals surface area contributed by atoms with Crippen LogP contribution in [0.25, 0.3) is 0 Å². The molecule has 3 aromatic rings. The average molecular weight is 441 g/mol. The minimum absolute atomic E-state index is 0.0186. The van der Waals surface area contributed by atoms with Crippen molar-refractivity contribution in [2.45, 2.75) is 38.0 Å². The largest absolute Gasteiger partial charge is 0.487 e. The third-order valence-corrected chi connectivity index (χ3v) is 5.83. The van der Waals surface area contributed by atoms with Gasteiger partial charge in [-0.05, 0) is 61.9 Å². The van der Waals surface area contributed by atoms with Crippen LogP contribution in [-0.2, 0) is 28.0 Å². The number of nitrogens with one attached hydrogen (secondary N) is 1. The number of pyridine rings is 1. The maximum atomic E-state index is 12.4. The molecule has 7 nitrogen and oxygen atoms in total. The normalized spacial score (nSPS) is 11.3. The Labute approximate surface area is 182 Å². The highest BCUT2D eigenvalue weighted by Gasteiger charge is 2.17. The monoisotopic (exact) mass is 440 g/mol. The SMILES string of the molecule is CC(C)NS(=O)(=O)c1cccc(C(=O)OCc2ccc(OCc3ccccn3)cc2)c1. The number of ether oxygens (including phenoxy) is 2. The van der Waals surface area contributed by atoms with Crippen molar-refractivity contribution < 1.29 is 22.7 Å². The van der Waals surface area contributed by atoms with Gasteiger partial charge in [0.1, 0.15) is 19.0 Å². The minimum atomic E-state index is -3.69. The number of rotatable bonds is 9. The van der Waals surface area contributed by atoms with Gasteiger partial charge in [0.25, 0.3) is 0 Å². The van der Waals surface area contributed by atoms with Crippen LogP contribution in [0.1, 0.15) is 35.5 Å². The number of esters is 1. The van der Waals surface area contributed by atoms with E-state index in [9.17, 15) is 13.2 Å². The Morgan fingerprint density at radius 1 is 1.00 bits per heavy atom. The fraction of sp³-hybridized carbons (Fsp3) is 0.217. The summed E-state index contributed by atoms with van der Waals surface area (Å²) in [6.07, 6.45) is 1.71. The van der Waals surface area contributed by atoms with Crippen LogP contribution in [0.3, 0.4) is 0 Å². The number of sulfonamides is 1. The summed E-state index contributed by atoms with van der Waals surface area (Å²) in [7, 11) is -3.69. The Hall–Kier alpha value is -3.23. The topological polar surface area (TPSA) is 94.6 Å². The third-order valence-electron chi connectivity index (χ3n) is 4.18. The van der Waals surface area contributed by atoms with Gasteiger partial charge in [-0.15, -0.1) is 0 Å². The van der Waals surface area contributed by atoms with E-state index in [0.717, 1.165) is 11.3 Å². The van der Waals surface area contributed by atoms with Crippen LogP contribution in [0.15, 0.2) is 77.8 Å². The highest BCUT2D eigenvalue weighted by molar-refractivity contribution is 7.89. The summed E-state index contributed by atoms with van der Waals surface area (Å²) < 4.78 is 38.1. The zero-order valence-electron chi connectivity index (χ0n) is 17.3. The lowest BCUT2D eigenvalue weighted by Gasteiger charge is -2.11. The van der Waals surface area contributed by atoms with E-state index in [-0.39, 0.29) is 23.1 Å². The molecular formula is C23H24N2O5S. The Kier molecular flexibility index (Phi) is 7.38. The van der Waals surface area contributed by atoms with Crippen LogP contribution in [0.4, 0.5) is 0 Å². The van der Waals surface area contributed by atoms with Gasteiger partial charge in [-0.2, -0.15) is 0 Å². The van der Waals surface area contributed by atoms with Gasteiger partial charge in [0.05, 0.1) is 16.2 Å². The van der Waals surface area contributed by atoms with Crippen LogP contribution in [0, 0.1) is 0 Å². The predicted octanol–water partition coefficient (Wildman–Crippen LogP) is 3.70. The lowest BCUT2D eigenvalue weighted by molar-refractivity contribution is 0.0472. The molecule has 0 saturated heterocycles. The molecule has 0 aliphatic heterocycles. The smallest absolute Gasteiger partial charge is 0.338 e. The zero-order chi connectivity index (χ0) is 22.3. The molecule has 0 radical (unpaired) electrons. The first-order valence-electron chi connectivity index (χ1n) is 9.75. The molecular weight excluding hydrogens is 416 g/mol. The predicted molar refractivity (Wildman–Crippen MR) is 116 cm³/mol. The number of carbonyl (C=O) groups excluding carboxylic acids is 1. The van der Waals surface area contributed by atoms with E-state index >= 15 is 0 Å². The summed E-state index contributed by atoms with van der Waals surface area (Å²) >= 11 is 0. The van der Waals surface area contributed by atoms with E-state index in [1.165, 1.54) is 24.3 Å². The quantitative estimate of drug-likeness (QED) is 0.510. The van der Waals surface area contributed by atoms with Crippen molar-refractivity contribution in [1.29, 1.82) is 0 Å². The lowest BCUT2D eigenvalue weighted by atomic mass is 10.2. The maximum absolute atomic E-state index is 12.4. The molecule has 0 unspecified atom stereocenters. The van der Waals surface area contributed by atoms with Crippen LogP contribution in [-0.4, -0.2) is 25.4 Å². The fourth-order valence-electron chi connectivity index (χ4n) is 2.72. The number of benzene rings is 2. The lowest BCUT2D eigenvalue weighted by Crippen LogP contribution is -2.30. The van der Waals surface area contributed by atoms with Crippen molar-refractivity contribution in [3.63, 3.8) is 0 Å². The molecule has 1 aromatic heterocycles. The second-order valence-electron chi connectivity index (χ2n) is 7.13. The van der Waals surface area contributed by atoms with Crippen LogP contribution in [0.2, 0.25) is 0 Å². The van der Waals surface area contributed by atoms with Gasteiger partial charge in [-0.3, -0.25) is 4.98 Å². The van der Waals surface area contributed by atoms with Gasteiger partial charge < -0.3 is 9.47 Å². The van der Waals surface area contributed by atoms with Gasteiger partial charge >= 0.3 is 5.97 Å². The van der Waals surface area contributed by atoms with E-state index in [2.05, 4.69) is 9.71 Å². The summed E-state index contributed by atoms with van der Waals surface area (Å²) in [5, 5.41) is 0. The Bertz CT molecular complexity index is 1110. The molecule has 1 heterocycles. The molecule has 1 N–H and O–H groups in total. The fourth-order valence-corrected chi connectivity index (χ4v) is 4.02. The number of carbonyl (C=O) groups is 1. The van der Waals surface area contributed by atoms with Gasteiger partial charge in [0, 0.05) is 12.2 Å². The number of nitrogens with zero attached hydrogens (tertiary/aromatic N) is 1. The van der Waals surface area contributed by atoms with Crippen LogP contribution < -0.4 is 9.46 Å². The molecule has 0 saturated carbocycles. The Morgan fingerprint density at radius 3 is 2.45 bits per heavy atom. The van der Waals surface area contributed by atoms with E-state index < -0.39 is 16.0 Å². The molecule has 0 aliphatic rings. The zero-order valence-corrected chi connectivity index (χ0v) is 18.1. The molecule has 31 heavy (non-hydrogen) atoms. The minimum Gasteiger partial charge on any atom is -0.487 e. The van der Waals surface area contributed by atoms with Gasteiger partial charge in [-0.25, -0.2) is 17.9 Å². The molecule has 8 heteroatoms. The average Bonchev–Trinajstić information content (AvgIpc) is 2.77. The first-order chi connectivity index (χ1) is 14.8. The Morgan fingerprint density at radius 2 is 1.77 bits per heavy atom. The summed E-state index contributed by atoms with van der Waals surface area (Å²) in [6, 6.07) is 18.3. The second kappa shape index (κ2) is 10.2. The summed E-state index contributed by atoms with van der Waals surface area (Å²) in [4.78, 5) is 16.6. The van der Waals surface area contributed by atoms with Gasteiger partial charge in [0.15, 0.2) is 0 Å². The van der Waals surface area contributed by atoms with Gasteiger partial charge in [-0.1, -0.05) is 24.3 Å². The third kappa shape index (κ3) is 6.63. The molecule has 162 valence electrons. The van der Waals surface area contributed by atoms with E-state index in [0.29, 0.717) is 12.4 Å².